The summed E-state index contributed by atoms with van der Waals surface area (Å²) in [5, 5.41) is 0. The molecule has 0 bridgehead atoms. The standard InChI is InChI=1S/C9H7Br2FO/c1-5(13)9(11)6-2-3-7(10)8(12)4-6/h2-4,9H,1H3. The second-order valence-corrected chi connectivity index (χ2v) is 4.42. The van der Waals surface area contributed by atoms with Gasteiger partial charge in [-0.15, -0.1) is 0 Å². The van der Waals surface area contributed by atoms with Gasteiger partial charge in [-0.25, -0.2) is 4.39 Å². The van der Waals surface area contributed by atoms with Crippen LogP contribution in [0.2, 0.25) is 0 Å². The molecule has 0 spiro atoms. The number of benzene rings is 1. The zero-order valence-corrected chi connectivity index (χ0v) is 10.0. The van der Waals surface area contributed by atoms with E-state index in [1.807, 2.05) is 0 Å². The van der Waals surface area contributed by atoms with Gasteiger partial charge in [0.05, 0.1) is 9.30 Å². The van der Waals surface area contributed by atoms with E-state index >= 15 is 0 Å². The maximum atomic E-state index is 13.0. The van der Waals surface area contributed by atoms with Gasteiger partial charge in [-0.05, 0) is 40.5 Å². The molecule has 0 aliphatic carbocycles. The molecule has 70 valence electrons. The highest BCUT2D eigenvalue weighted by Crippen LogP contribution is 2.26. The van der Waals surface area contributed by atoms with Crippen molar-refractivity contribution in [1.29, 1.82) is 0 Å². The Morgan fingerprint density at radius 2 is 2.15 bits per heavy atom. The minimum Gasteiger partial charge on any atom is -0.298 e. The predicted molar refractivity (Wildman–Crippen MR) is 56.4 cm³/mol. The lowest BCUT2D eigenvalue weighted by Gasteiger charge is -2.06. The van der Waals surface area contributed by atoms with E-state index in [-0.39, 0.29) is 11.6 Å². The van der Waals surface area contributed by atoms with Gasteiger partial charge in [-0.2, -0.15) is 0 Å². The molecule has 1 unspecified atom stereocenters. The summed E-state index contributed by atoms with van der Waals surface area (Å²) in [5.74, 6) is -0.398. The van der Waals surface area contributed by atoms with Crippen molar-refractivity contribution in [3.8, 4) is 0 Å². The molecule has 0 aliphatic heterocycles. The van der Waals surface area contributed by atoms with Crippen molar-refractivity contribution in [2.75, 3.05) is 0 Å². The molecule has 0 aromatic heterocycles. The highest BCUT2D eigenvalue weighted by atomic mass is 79.9. The third kappa shape index (κ3) is 2.61. The van der Waals surface area contributed by atoms with Crippen LogP contribution in [0, 0.1) is 5.82 Å². The number of hydrogen-bond acceptors (Lipinski definition) is 1. The van der Waals surface area contributed by atoms with Crippen LogP contribution in [0.4, 0.5) is 4.39 Å². The largest absolute Gasteiger partial charge is 0.298 e. The lowest BCUT2D eigenvalue weighted by molar-refractivity contribution is -0.116. The molecule has 4 heteroatoms. The van der Waals surface area contributed by atoms with Gasteiger partial charge in [-0.1, -0.05) is 22.0 Å². The summed E-state index contributed by atoms with van der Waals surface area (Å²) >= 11 is 6.22. The Balaban J connectivity index is 3.03. The van der Waals surface area contributed by atoms with E-state index in [0.29, 0.717) is 10.0 Å². The molecule has 0 heterocycles. The predicted octanol–water partition coefficient (Wildman–Crippen LogP) is 3.61. The Bertz CT molecular complexity index is 338. The molecule has 0 fully saturated rings. The van der Waals surface area contributed by atoms with Crippen molar-refractivity contribution in [2.24, 2.45) is 0 Å². The van der Waals surface area contributed by atoms with Crippen LogP contribution in [0.5, 0.6) is 0 Å². The first-order chi connectivity index (χ1) is 6.02. The van der Waals surface area contributed by atoms with Crippen molar-refractivity contribution in [1.82, 2.24) is 0 Å². The van der Waals surface area contributed by atoms with Crippen molar-refractivity contribution < 1.29 is 9.18 Å². The molecular weight excluding hydrogens is 303 g/mol. The van der Waals surface area contributed by atoms with Gasteiger partial charge in [0.1, 0.15) is 11.6 Å². The second-order valence-electron chi connectivity index (χ2n) is 2.65. The molecular formula is C9H7Br2FO. The van der Waals surface area contributed by atoms with Crippen LogP contribution < -0.4 is 0 Å². The fraction of sp³-hybridized carbons (Fsp3) is 0.222. The van der Waals surface area contributed by atoms with Gasteiger partial charge in [0.2, 0.25) is 0 Å². The van der Waals surface area contributed by atoms with Crippen molar-refractivity contribution in [3.05, 3.63) is 34.1 Å². The zero-order chi connectivity index (χ0) is 10.0. The van der Waals surface area contributed by atoms with Crippen LogP contribution in [-0.2, 0) is 4.79 Å². The molecule has 1 aromatic carbocycles. The summed E-state index contributed by atoms with van der Waals surface area (Å²) < 4.78 is 13.4. The zero-order valence-electron chi connectivity index (χ0n) is 6.85. The Kier molecular flexibility index (Phi) is 3.62. The summed E-state index contributed by atoms with van der Waals surface area (Å²) in [6.45, 7) is 1.46. The van der Waals surface area contributed by atoms with Crippen LogP contribution in [0.1, 0.15) is 17.3 Å². The summed E-state index contributed by atoms with van der Waals surface area (Å²) in [7, 11) is 0. The van der Waals surface area contributed by atoms with E-state index in [2.05, 4.69) is 31.9 Å². The minimum atomic E-state index is -0.421. The first-order valence-electron chi connectivity index (χ1n) is 3.62. The summed E-state index contributed by atoms with van der Waals surface area (Å²) in [6.07, 6.45) is 0. The fourth-order valence-corrected chi connectivity index (χ4v) is 1.44. The molecule has 1 nitrogen and oxygen atoms in total. The Labute approximate surface area is 92.6 Å². The minimum absolute atomic E-state index is 0.0401. The Hall–Kier alpha value is -0.220. The number of halogens is 3. The first kappa shape index (κ1) is 10.9. The van der Waals surface area contributed by atoms with Crippen LogP contribution in [-0.4, -0.2) is 5.78 Å². The van der Waals surface area contributed by atoms with E-state index in [0.717, 1.165) is 0 Å². The fourth-order valence-electron chi connectivity index (χ4n) is 0.905. The number of hydrogen-bond donors (Lipinski definition) is 0. The second kappa shape index (κ2) is 4.33. The molecule has 0 saturated carbocycles. The average Bonchev–Trinajstić information content (AvgIpc) is 2.08. The van der Waals surface area contributed by atoms with E-state index < -0.39 is 4.83 Å². The number of carbonyl (C=O) groups excluding carboxylic acids is 1. The maximum absolute atomic E-state index is 13.0. The molecule has 0 radical (unpaired) electrons. The van der Waals surface area contributed by atoms with Crippen LogP contribution in [0.25, 0.3) is 0 Å². The maximum Gasteiger partial charge on any atom is 0.147 e. The van der Waals surface area contributed by atoms with Crippen LogP contribution in [0.15, 0.2) is 22.7 Å². The lowest BCUT2D eigenvalue weighted by Crippen LogP contribution is -2.01. The van der Waals surface area contributed by atoms with E-state index in [1.165, 1.54) is 13.0 Å². The van der Waals surface area contributed by atoms with Crippen LogP contribution >= 0.6 is 31.9 Å². The van der Waals surface area contributed by atoms with Crippen LogP contribution in [0.3, 0.4) is 0 Å². The van der Waals surface area contributed by atoms with Crippen molar-refractivity contribution in [2.45, 2.75) is 11.8 Å². The molecule has 1 rings (SSSR count). The van der Waals surface area contributed by atoms with Gasteiger partial charge in [0, 0.05) is 0 Å². The summed E-state index contributed by atoms with van der Waals surface area (Å²) in [4.78, 5) is 10.5. The molecule has 1 aromatic rings. The number of rotatable bonds is 2. The number of alkyl halides is 1. The van der Waals surface area contributed by atoms with Crippen molar-refractivity contribution >= 4 is 37.6 Å². The number of Topliss-reactive ketones (excluding diaryl/α,β-unsaturated/α-hetero) is 1. The molecule has 1 atom stereocenters. The van der Waals surface area contributed by atoms with E-state index in [4.69, 9.17) is 0 Å². The van der Waals surface area contributed by atoms with Gasteiger partial charge in [0.15, 0.2) is 0 Å². The quantitative estimate of drug-likeness (QED) is 0.763. The highest BCUT2D eigenvalue weighted by Gasteiger charge is 2.13. The normalized spacial score (nSPS) is 12.6. The lowest BCUT2D eigenvalue weighted by atomic mass is 10.1. The third-order valence-electron chi connectivity index (χ3n) is 1.59. The SMILES string of the molecule is CC(=O)C(Br)c1ccc(Br)c(F)c1. The Morgan fingerprint density at radius 1 is 1.54 bits per heavy atom. The topological polar surface area (TPSA) is 17.1 Å². The van der Waals surface area contributed by atoms with E-state index in [9.17, 15) is 9.18 Å². The van der Waals surface area contributed by atoms with Gasteiger partial charge in [0.25, 0.3) is 0 Å². The molecule has 13 heavy (non-hydrogen) atoms. The Morgan fingerprint density at radius 3 is 2.62 bits per heavy atom. The van der Waals surface area contributed by atoms with E-state index in [1.54, 1.807) is 12.1 Å². The number of carbonyl (C=O) groups is 1. The van der Waals surface area contributed by atoms with Gasteiger partial charge >= 0.3 is 0 Å². The molecule has 0 N–H and O–H groups in total. The highest BCUT2D eigenvalue weighted by molar-refractivity contribution is 9.10. The molecule has 0 saturated heterocycles. The summed E-state index contributed by atoms with van der Waals surface area (Å²) in [5.41, 5.74) is 0.633. The van der Waals surface area contributed by atoms with Gasteiger partial charge < -0.3 is 0 Å². The number of ketones is 1. The first-order valence-corrected chi connectivity index (χ1v) is 5.32. The molecule has 0 aliphatic rings. The van der Waals surface area contributed by atoms with Gasteiger partial charge in [-0.3, -0.25) is 4.79 Å². The average molecular weight is 310 g/mol. The van der Waals surface area contributed by atoms with Crippen molar-refractivity contribution in [3.63, 3.8) is 0 Å². The third-order valence-corrected chi connectivity index (χ3v) is 3.41. The monoisotopic (exact) mass is 308 g/mol. The molecule has 0 amide bonds. The summed E-state index contributed by atoms with van der Waals surface area (Å²) in [6, 6.07) is 4.63. The smallest absolute Gasteiger partial charge is 0.147 e.